The second-order valence-electron chi connectivity index (χ2n) is 6.81. The summed E-state index contributed by atoms with van der Waals surface area (Å²) in [5.41, 5.74) is 5.52. The van der Waals surface area contributed by atoms with Crippen molar-refractivity contribution in [1.82, 2.24) is 16.0 Å². The van der Waals surface area contributed by atoms with Gasteiger partial charge in [0.25, 0.3) is 0 Å². The van der Waals surface area contributed by atoms with Crippen LogP contribution in [0.1, 0.15) is 27.7 Å². The zero-order valence-electron chi connectivity index (χ0n) is 16.2. The number of carbonyl (C=O) groups is 4. The Morgan fingerprint density at radius 1 is 0.821 bits per heavy atom. The van der Waals surface area contributed by atoms with Crippen molar-refractivity contribution < 1.29 is 39.6 Å². The quantitative estimate of drug-likeness (QED) is 0.169. The van der Waals surface area contributed by atoms with E-state index < -0.39 is 72.6 Å². The van der Waals surface area contributed by atoms with Crippen molar-refractivity contribution in [2.45, 2.75) is 64.1 Å². The zero-order chi connectivity index (χ0) is 22.2. The van der Waals surface area contributed by atoms with Gasteiger partial charge in [-0.25, -0.2) is 4.79 Å². The Kier molecular flexibility index (Phi) is 10.6. The molecule has 0 spiro atoms. The van der Waals surface area contributed by atoms with Crippen molar-refractivity contribution in [3.8, 4) is 0 Å². The molecular formula is C16H30N4O8. The van der Waals surface area contributed by atoms with E-state index in [1.165, 1.54) is 6.92 Å². The molecule has 0 aliphatic rings. The van der Waals surface area contributed by atoms with Crippen LogP contribution in [0.2, 0.25) is 0 Å². The molecule has 0 aromatic carbocycles. The maximum Gasteiger partial charge on any atom is 0.328 e. The van der Waals surface area contributed by atoms with Crippen LogP contribution in [0, 0.1) is 5.92 Å². The van der Waals surface area contributed by atoms with E-state index in [0.717, 1.165) is 6.92 Å². The molecule has 6 unspecified atom stereocenters. The Labute approximate surface area is 162 Å². The number of aliphatic hydroxyl groups excluding tert-OH is 3. The van der Waals surface area contributed by atoms with E-state index in [4.69, 9.17) is 10.8 Å². The summed E-state index contributed by atoms with van der Waals surface area (Å²) in [6.45, 7) is 4.83. The van der Waals surface area contributed by atoms with Gasteiger partial charge in [-0.05, 0) is 19.8 Å². The Morgan fingerprint density at radius 2 is 1.32 bits per heavy atom. The van der Waals surface area contributed by atoms with E-state index in [2.05, 4.69) is 10.6 Å². The molecule has 0 aliphatic carbocycles. The fourth-order valence-corrected chi connectivity index (χ4v) is 2.10. The molecule has 6 atom stereocenters. The number of nitrogens with two attached hydrogens (primary N) is 1. The van der Waals surface area contributed by atoms with E-state index in [1.54, 1.807) is 13.8 Å². The van der Waals surface area contributed by atoms with Crippen LogP contribution in [-0.2, 0) is 19.2 Å². The highest BCUT2D eigenvalue weighted by atomic mass is 16.4. The van der Waals surface area contributed by atoms with Gasteiger partial charge >= 0.3 is 5.97 Å². The molecule has 0 saturated carbocycles. The molecule has 0 rings (SSSR count). The first-order valence-electron chi connectivity index (χ1n) is 8.69. The van der Waals surface area contributed by atoms with Crippen LogP contribution < -0.4 is 21.7 Å². The van der Waals surface area contributed by atoms with Gasteiger partial charge in [-0.15, -0.1) is 0 Å². The van der Waals surface area contributed by atoms with Gasteiger partial charge in [-0.2, -0.15) is 0 Å². The predicted molar refractivity (Wildman–Crippen MR) is 96.7 cm³/mol. The van der Waals surface area contributed by atoms with Crippen molar-refractivity contribution >= 4 is 23.7 Å². The van der Waals surface area contributed by atoms with Gasteiger partial charge in [0.1, 0.15) is 18.1 Å². The van der Waals surface area contributed by atoms with Crippen LogP contribution in [-0.4, -0.2) is 87.1 Å². The molecule has 12 heteroatoms. The molecule has 28 heavy (non-hydrogen) atoms. The summed E-state index contributed by atoms with van der Waals surface area (Å²) in [4.78, 5) is 47.6. The summed E-state index contributed by atoms with van der Waals surface area (Å²) in [7, 11) is 0. The third-order valence-electron chi connectivity index (χ3n) is 3.93. The second kappa shape index (κ2) is 11.5. The van der Waals surface area contributed by atoms with E-state index in [-0.39, 0.29) is 0 Å². The van der Waals surface area contributed by atoms with E-state index >= 15 is 0 Å². The van der Waals surface area contributed by atoms with Crippen LogP contribution in [0.4, 0.5) is 0 Å². The molecule has 12 nitrogen and oxygen atoms in total. The van der Waals surface area contributed by atoms with Gasteiger partial charge in [0.15, 0.2) is 6.04 Å². The summed E-state index contributed by atoms with van der Waals surface area (Å²) in [5, 5.41) is 43.7. The van der Waals surface area contributed by atoms with E-state index in [0.29, 0.717) is 0 Å². The minimum Gasteiger partial charge on any atom is -0.480 e. The number of carboxylic acids is 1. The minimum atomic E-state index is -1.64. The van der Waals surface area contributed by atoms with Crippen LogP contribution in [0.5, 0.6) is 0 Å². The summed E-state index contributed by atoms with van der Waals surface area (Å²) in [5.74, 6) is -4.56. The highest BCUT2D eigenvalue weighted by Crippen LogP contribution is 2.04. The van der Waals surface area contributed by atoms with Crippen molar-refractivity contribution in [2.75, 3.05) is 6.61 Å². The Hall–Kier alpha value is -2.28. The van der Waals surface area contributed by atoms with Crippen LogP contribution in [0.25, 0.3) is 0 Å². The number of hydrogen-bond donors (Lipinski definition) is 8. The van der Waals surface area contributed by atoms with Gasteiger partial charge in [0.2, 0.25) is 17.7 Å². The third-order valence-corrected chi connectivity index (χ3v) is 3.93. The summed E-state index contributed by atoms with van der Waals surface area (Å²) < 4.78 is 0. The highest BCUT2D eigenvalue weighted by Gasteiger charge is 2.33. The number of aliphatic carboxylic acids is 1. The van der Waals surface area contributed by atoms with Gasteiger partial charge in [0.05, 0.1) is 18.8 Å². The van der Waals surface area contributed by atoms with Gasteiger partial charge in [0, 0.05) is 0 Å². The second-order valence-corrected chi connectivity index (χ2v) is 6.81. The van der Waals surface area contributed by atoms with Crippen molar-refractivity contribution in [1.29, 1.82) is 0 Å². The van der Waals surface area contributed by atoms with Gasteiger partial charge < -0.3 is 42.1 Å². The fourth-order valence-electron chi connectivity index (χ4n) is 2.10. The standard InChI is InChI=1S/C16H30N4O8/c1-6(2)11(19-14(25)10(17)7(3)22)15(26)18-9(5-21)13(24)20-12(8(4)23)16(27)28/h6-12,21-23H,5,17H2,1-4H3,(H,18,26)(H,19,25)(H,20,24)(H,27,28). The largest absolute Gasteiger partial charge is 0.480 e. The summed E-state index contributed by atoms with van der Waals surface area (Å²) in [6.07, 6.45) is -2.57. The first-order chi connectivity index (χ1) is 12.8. The SMILES string of the molecule is CC(C)C(NC(=O)C(N)C(C)O)C(=O)NC(CO)C(=O)NC(C(=O)O)C(C)O. The molecule has 0 heterocycles. The first-order valence-corrected chi connectivity index (χ1v) is 8.69. The third kappa shape index (κ3) is 7.76. The molecule has 0 aliphatic heterocycles. The maximum absolute atomic E-state index is 12.5. The van der Waals surface area contributed by atoms with E-state index in [1.807, 2.05) is 5.32 Å². The van der Waals surface area contributed by atoms with Crippen LogP contribution >= 0.6 is 0 Å². The lowest BCUT2D eigenvalue weighted by Crippen LogP contribution is -2.60. The Balaban J connectivity index is 5.18. The lowest BCUT2D eigenvalue weighted by atomic mass is 10.0. The van der Waals surface area contributed by atoms with Gasteiger partial charge in [-0.1, -0.05) is 13.8 Å². The molecule has 0 fully saturated rings. The molecule has 0 aromatic rings. The van der Waals surface area contributed by atoms with Crippen LogP contribution in [0.15, 0.2) is 0 Å². The number of aliphatic hydroxyl groups is 3. The lowest BCUT2D eigenvalue weighted by Gasteiger charge is -2.27. The maximum atomic E-state index is 12.5. The molecule has 0 aromatic heterocycles. The molecule has 3 amide bonds. The zero-order valence-corrected chi connectivity index (χ0v) is 16.2. The minimum absolute atomic E-state index is 0.434. The Morgan fingerprint density at radius 3 is 1.68 bits per heavy atom. The van der Waals surface area contributed by atoms with Crippen molar-refractivity contribution in [3.05, 3.63) is 0 Å². The van der Waals surface area contributed by atoms with Crippen LogP contribution in [0.3, 0.4) is 0 Å². The summed E-state index contributed by atoms with van der Waals surface area (Å²) >= 11 is 0. The number of carboxylic acid groups (broad SMARTS) is 1. The topological polar surface area (TPSA) is 211 Å². The smallest absolute Gasteiger partial charge is 0.328 e. The number of rotatable bonds is 11. The van der Waals surface area contributed by atoms with E-state index in [9.17, 15) is 34.5 Å². The first kappa shape index (κ1) is 25.7. The molecule has 9 N–H and O–H groups in total. The number of nitrogens with one attached hydrogen (secondary N) is 3. The number of hydrogen-bond acceptors (Lipinski definition) is 8. The molecule has 0 radical (unpaired) electrons. The predicted octanol–water partition coefficient (Wildman–Crippen LogP) is -3.74. The monoisotopic (exact) mass is 406 g/mol. The van der Waals surface area contributed by atoms with Gasteiger partial charge in [-0.3, -0.25) is 14.4 Å². The molecule has 0 saturated heterocycles. The van der Waals surface area contributed by atoms with Crippen molar-refractivity contribution in [3.63, 3.8) is 0 Å². The summed E-state index contributed by atoms with van der Waals surface area (Å²) in [6, 6.07) is -5.56. The lowest BCUT2D eigenvalue weighted by molar-refractivity contribution is -0.145. The Bertz CT molecular complexity index is 567. The molecule has 162 valence electrons. The number of carbonyl (C=O) groups excluding carboxylic acids is 3. The fraction of sp³-hybridized carbons (Fsp3) is 0.750. The average molecular weight is 406 g/mol. The average Bonchev–Trinajstić information content (AvgIpc) is 2.59. The van der Waals surface area contributed by atoms with Crippen molar-refractivity contribution in [2.24, 2.45) is 11.7 Å². The highest BCUT2D eigenvalue weighted by molar-refractivity contribution is 5.94. The molecular weight excluding hydrogens is 376 g/mol. The molecule has 0 bridgehead atoms. The number of amides is 3. The normalized spacial score (nSPS) is 17.6.